The molecule has 1 aromatic carbocycles. The van der Waals surface area contributed by atoms with Gasteiger partial charge in [-0.2, -0.15) is 0 Å². The molecule has 0 saturated carbocycles. The van der Waals surface area contributed by atoms with Crippen molar-refractivity contribution < 1.29 is 31.1 Å². The summed E-state index contributed by atoms with van der Waals surface area (Å²) in [6, 6.07) is 2.86. The van der Waals surface area contributed by atoms with Gasteiger partial charge in [-0.05, 0) is 0 Å². The zero-order chi connectivity index (χ0) is 23.4. The Morgan fingerprint density at radius 3 is 2.19 bits per heavy atom. The Kier molecular flexibility index (Phi) is 6.15. The van der Waals surface area contributed by atoms with Gasteiger partial charge in [0.1, 0.15) is 0 Å². The summed E-state index contributed by atoms with van der Waals surface area (Å²) in [6.45, 7) is -0.510. The third-order valence-electron chi connectivity index (χ3n) is 4.59. The Morgan fingerprint density at radius 1 is 1.10 bits per heavy atom. The van der Waals surface area contributed by atoms with E-state index in [1.54, 1.807) is 14.8 Å². The van der Waals surface area contributed by atoms with Crippen LogP contribution in [-0.2, 0) is 24.1 Å². The van der Waals surface area contributed by atoms with Crippen LogP contribution in [0.25, 0.3) is 0 Å². The normalized spacial score (nSPS) is 14.6. The number of carbonyl (C=O) groups excluding carboxylic acids is 1. The van der Waals surface area contributed by atoms with Crippen LogP contribution in [0.5, 0.6) is 0 Å². The number of nitrogens with one attached hydrogen (secondary N) is 1. The predicted octanol–water partition coefficient (Wildman–Crippen LogP) is 4.84. The molecule has 0 fully saturated rings. The molecule has 2 aromatic rings. The van der Waals surface area contributed by atoms with E-state index in [2.05, 4.69) is 15.3 Å². The number of aromatic nitrogens is 2. The summed E-state index contributed by atoms with van der Waals surface area (Å²) < 4.78 is 78.1. The Hall–Kier alpha value is -1.76. The van der Waals surface area contributed by atoms with Crippen LogP contribution in [0.1, 0.15) is 16.7 Å². The third kappa shape index (κ3) is 5.18. The average Bonchev–Trinajstić information content (AvgIpc) is 3.01. The van der Waals surface area contributed by atoms with Crippen molar-refractivity contribution in [3.63, 3.8) is 0 Å². The van der Waals surface area contributed by atoms with Gasteiger partial charge in [0.05, 0.1) is 0 Å². The number of nitrogens with zero attached hydrogens (tertiary/aromatic N) is 3. The molecule has 0 saturated heterocycles. The molecule has 0 unspecified atom stereocenters. The fraction of sp³-hybridized carbons (Fsp3) is 0.389. The fourth-order valence-electron chi connectivity index (χ4n) is 3.18. The average molecular weight is 574 g/mol. The van der Waals surface area contributed by atoms with E-state index in [0.29, 0.717) is 16.0 Å². The van der Waals surface area contributed by atoms with Gasteiger partial charge in [-0.3, -0.25) is 0 Å². The van der Waals surface area contributed by atoms with E-state index in [0.717, 1.165) is 6.20 Å². The van der Waals surface area contributed by atoms with E-state index >= 15 is 0 Å². The number of fused-ring (bicyclic) bond motifs is 1. The summed E-state index contributed by atoms with van der Waals surface area (Å²) in [5.41, 5.74) is 0.235. The van der Waals surface area contributed by atoms with Crippen LogP contribution < -0.4 is 9.03 Å². The summed E-state index contributed by atoms with van der Waals surface area (Å²) in [6.07, 6.45) is -8.86. The van der Waals surface area contributed by atoms with Crippen molar-refractivity contribution in [2.45, 2.75) is 40.3 Å². The Bertz CT molecular complexity index is 1040. The number of hydrogen-bond acceptors (Lipinski definition) is 4. The summed E-state index contributed by atoms with van der Waals surface area (Å²) in [4.78, 5) is 25.3. The fourth-order valence-corrected chi connectivity index (χ4v) is 7.57. The third-order valence-corrected chi connectivity index (χ3v) is 10.0. The molecular formula is C18H17ClF6N4OSn. The predicted molar refractivity (Wildman–Crippen MR) is 105 cm³/mol. The zero-order valence-electron chi connectivity index (χ0n) is 16.5. The number of rotatable bonds is 3. The van der Waals surface area contributed by atoms with Crippen molar-refractivity contribution in [3.8, 4) is 0 Å². The number of anilines is 2. The first-order valence-electron chi connectivity index (χ1n) is 8.96. The van der Waals surface area contributed by atoms with Crippen LogP contribution in [0.3, 0.4) is 0 Å². The van der Waals surface area contributed by atoms with Crippen LogP contribution in [0.15, 0.2) is 18.3 Å². The molecule has 1 amide bonds. The molecule has 31 heavy (non-hydrogen) atoms. The minimum absolute atomic E-state index is 0.0152. The SMILES string of the molecule is [CH3][Sn]([CH3])([CH3])[c]1nc(Nc2cc3c(cc2Cl)CN(C(=O)C(F)(F)F)C3)ncc1C(F)(F)F. The van der Waals surface area contributed by atoms with Gasteiger partial charge in [0.2, 0.25) is 0 Å². The van der Waals surface area contributed by atoms with Crippen molar-refractivity contribution in [3.05, 3.63) is 40.0 Å². The second kappa shape index (κ2) is 7.98. The molecule has 13 heteroatoms. The van der Waals surface area contributed by atoms with Gasteiger partial charge in [-0.15, -0.1) is 0 Å². The quantitative estimate of drug-likeness (QED) is 0.422. The molecule has 1 aromatic heterocycles. The summed E-state index contributed by atoms with van der Waals surface area (Å²) >= 11 is 2.90. The maximum atomic E-state index is 13.3. The molecule has 0 radical (unpaired) electrons. The number of carbonyl (C=O) groups is 1. The number of amides is 1. The number of benzene rings is 1. The van der Waals surface area contributed by atoms with Crippen molar-refractivity contribution in [2.75, 3.05) is 5.32 Å². The van der Waals surface area contributed by atoms with Gasteiger partial charge in [0, 0.05) is 0 Å². The molecule has 168 valence electrons. The van der Waals surface area contributed by atoms with Crippen LogP contribution in [0.2, 0.25) is 19.8 Å². The van der Waals surface area contributed by atoms with Crippen molar-refractivity contribution in [1.29, 1.82) is 0 Å². The molecular weight excluding hydrogens is 556 g/mol. The first-order valence-corrected chi connectivity index (χ1v) is 19.3. The summed E-state index contributed by atoms with van der Waals surface area (Å²) in [5, 5.41) is 2.87. The molecule has 1 N–H and O–H groups in total. The van der Waals surface area contributed by atoms with E-state index < -0.39 is 42.2 Å². The molecule has 0 atom stereocenters. The number of hydrogen-bond donors (Lipinski definition) is 1. The van der Waals surface area contributed by atoms with Gasteiger partial charge in [-0.1, -0.05) is 0 Å². The van der Waals surface area contributed by atoms with Gasteiger partial charge in [0.15, 0.2) is 0 Å². The maximum absolute atomic E-state index is 13.3. The zero-order valence-corrected chi connectivity index (χ0v) is 20.2. The summed E-state index contributed by atoms with van der Waals surface area (Å²) in [5.74, 6) is -2.06. The van der Waals surface area contributed by atoms with Gasteiger partial charge >= 0.3 is 183 Å². The van der Waals surface area contributed by atoms with Crippen LogP contribution in [0, 0.1) is 0 Å². The van der Waals surface area contributed by atoms with E-state index in [-0.39, 0.29) is 33.5 Å². The first-order chi connectivity index (χ1) is 14.1. The van der Waals surface area contributed by atoms with E-state index in [4.69, 9.17) is 11.6 Å². The second-order valence-corrected chi connectivity index (χ2v) is 22.7. The van der Waals surface area contributed by atoms with E-state index in [1.165, 1.54) is 12.1 Å². The van der Waals surface area contributed by atoms with Crippen LogP contribution in [-0.4, -0.2) is 45.3 Å². The number of halogens is 7. The van der Waals surface area contributed by atoms with E-state index in [9.17, 15) is 31.1 Å². The molecule has 0 spiro atoms. The first kappa shape index (κ1) is 23.9. The molecule has 2 heterocycles. The van der Waals surface area contributed by atoms with Crippen molar-refractivity contribution in [2.24, 2.45) is 0 Å². The van der Waals surface area contributed by atoms with Crippen molar-refractivity contribution >= 4 is 51.2 Å². The van der Waals surface area contributed by atoms with Gasteiger partial charge in [0.25, 0.3) is 0 Å². The molecule has 0 bridgehead atoms. The Balaban J connectivity index is 1.91. The molecule has 1 aliphatic rings. The van der Waals surface area contributed by atoms with E-state index in [1.807, 2.05) is 0 Å². The topological polar surface area (TPSA) is 58.1 Å². The Labute approximate surface area is 182 Å². The summed E-state index contributed by atoms with van der Waals surface area (Å²) in [7, 11) is 0. The van der Waals surface area contributed by atoms with Crippen LogP contribution >= 0.6 is 11.6 Å². The number of alkyl halides is 6. The molecule has 0 aliphatic carbocycles. The molecule has 1 aliphatic heterocycles. The van der Waals surface area contributed by atoms with Gasteiger partial charge in [-0.25, -0.2) is 0 Å². The molecule has 3 rings (SSSR count). The second-order valence-electron chi connectivity index (χ2n) is 8.09. The van der Waals surface area contributed by atoms with Gasteiger partial charge < -0.3 is 0 Å². The minimum atomic E-state index is -4.99. The Morgan fingerprint density at radius 2 is 1.68 bits per heavy atom. The standard InChI is InChI=1S/C15H8ClF6N4O.3CH3.Sn/c16-10-1-7-5-26(12(27)15(20,21)22)6-8(7)2-11(10)25-13-23-3-9(4-24-13)14(17,18)19;;;;/h1-3H,5-6H2,(H,23,24,25);3*1H3;. The van der Waals surface area contributed by atoms with Crippen LogP contribution in [0.4, 0.5) is 38.0 Å². The molecule has 5 nitrogen and oxygen atoms in total. The monoisotopic (exact) mass is 574 g/mol. The van der Waals surface area contributed by atoms with Crippen molar-refractivity contribution in [1.82, 2.24) is 14.9 Å².